The molecule has 0 spiro atoms. The van der Waals surface area contributed by atoms with Crippen LogP contribution < -0.4 is 9.64 Å². The van der Waals surface area contributed by atoms with Gasteiger partial charge in [0.15, 0.2) is 6.29 Å². The summed E-state index contributed by atoms with van der Waals surface area (Å²) in [5.41, 5.74) is 1.91. The molecule has 0 fully saturated rings. The van der Waals surface area contributed by atoms with Crippen molar-refractivity contribution in [3.63, 3.8) is 0 Å². The van der Waals surface area contributed by atoms with Gasteiger partial charge in [-0.15, -0.1) is 11.3 Å². The van der Waals surface area contributed by atoms with E-state index < -0.39 is 0 Å². The van der Waals surface area contributed by atoms with Gasteiger partial charge in [-0.1, -0.05) is 0 Å². The molecule has 0 aliphatic rings. The van der Waals surface area contributed by atoms with Crippen LogP contribution in [-0.4, -0.2) is 49.9 Å². The van der Waals surface area contributed by atoms with Gasteiger partial charge in [0.25, 0.3) is 0 Å². The number of thiophene rings is 1. The van der Waals surface area contributed by atoms with Gasteiger partial charge >= 0.3 is 0 Å². The van der Waals surface area contributed by atoms with Crippen LogP contribution in [0.3, 0.4) is 0 Å². The maximum absolute atomic E-state index is 10.8. The second-order valence-electron chi connectivity index (χ2n) is 5.84. The first-order valence-corrected chi connectivity index (χ1v) is 9.42. The van der Waals surface area contributed by atoms with Crippen molar-refractivity contribution in [3.8, 4) is 5.75 Å². The Bertz CT molecular complexity index is 726. The first-order chi connectivity index (χ1) is 12.7. The molecule has 0 radical (unpaired) electrons. The van der Waals surface area contributed by atoms with Gasteiger partial charge in [0, 0.05) is 42.4 Å². The van der Waals surface area contributed by atoms with Gasteiger partial charge in [-0.3, -0.25) is 4.79 Å². The zero-order chi connectivity index (χ0) is 18.8. The molecule has 2 N–H and O–H groups in total. The maximum Gasteiger partial charge on any atom is 0.160 e. The van der Waals surface area contributed by atoms with Gasteiger partial charge in [-0.25, -0.2) is 0 Å². The van der Waals surface area contributed by atoms with Gasteiger partial charge < -0.3 is 19.8 Å². The van der Waals surface area contributed by atoms with Crippen molar-refractivity contribution in [1.82, 2.24) is 0 Å². The highest BCUT2D eigenvalue weighted by Crippen LogP contribution is 2.28. The summed E-state index contributed by atoms with van der Waals surface area (Å²) in [6.45, 7) is 1.32. The standard InChI is InChI=1S/C20H25NO4S/c1-21(10-12-23)17-6-4-16(20(14-17)25-13-3-2-11-22)5-7-18-8-9-19(15-24)26-18/h4-9,14-15,22-23H,2-3,10-13H2,1H3. The highest BCUT2D eigenvalue weighted by Gasteiger charge is 2.07. The molecule has 1 heterocycles. The number of anilines is 1. The van der Waals surface area contributed by atoms with Crippen molar-refractivity contribution >= 4 is 35.5 Å². The van der Waals surface area contributed by atoms with Crippen molar-refractivity contribution in [3.05, 3.63) is 45.6 Å². The normalized spacial score (nSPS) is 11.0. The highest BCUT2D eigenvalue weighted by atomic mass is 32.1. The summed E-state index contributed by atoms with van der Waals surface area (Å²) in [6, 6.07) is 9.64. The molecule has 140 valence electrons. The fourth-order valence-electron chi connectivity index (χ4n) is 2.39. The molecule has 0 bridgehead atoms. The lowest BCUT2D eigenvalue weighted by molar-refractivity contribution is 0.112. The quantitative estimate of drug-likeness (QED) is 0.466. The van der Waals surface area contributed by atoms with Crippen molar-refractivity contribution in [2.75, 3.05) is 38.3 Å². The van der Waals surface area contributed by atoms with Crippen LogP contribution >= 0.6 is 11.3 Å². The molecule has 0 saturated heterocycles. The van der Waals surface area contributed by atoms with E-state index in [1.807, 2.05) is 48.4 Å². The SMILES string of the molecule is CN(CCO)c1ccc(C=Cc2ccc(C=O)s2)c(OCCCCO)c1. The molecule has 0 atom stereocenters. The molecule has 2 aromatic rings. The first kappa shape index (κ1) is 20.2. The molecule has 0 amide bonds. The molecule has 0 aliphatic carbocycles. The van der Waals surface area contributed by atoms with E-state index in [0.29, 0.717) is 24.4 Å². The lowest BCUT2D eigenvalue weighted by Crippen LogP contribution is -2.21. The number of likely N-dealkylation sites (N-methyl/N-ethyl adjacent to an activating group) is 1. The molecular weight excluding hydrogens is 350 g/mol. The van der Waals surface area contributed by atoms with Gasteiger partial charge in [0.2, 0.25) is 0 Å². The summed E-state index contributed by atoms with van der Waals surface area (Å²) in [5, 5.41) is 18.0. The van der Waals surface area contributed by atoms with Crippen LogP contribution in [0, 0.1) is 0 Å². The van der Waals surface area contributed by atoms with E-state index in [-0.39, 0.29) is 13.2 Å². The van der Waals surface area contributed by atoms with E-state index in [9.17, 15) is 4.79 Å². The Morgan fingerprint density at radius 1 is 1.08 bits per heavy atom. The molecule has 26 heavy (non-hydrogen) atoms. The number of aliphatic hydroxyl groups is 2. The van der Waals surface area contributed by atoms with E-state index in [4.69, 9.17) is 14.9 Å². The molecule has 0 aliphatic heterocycles. The third-order valence-electron chi connectivity index (χ3n) is 3.87. The number of aldehydes is 1. The van der Waals surface area contributed by atoms with Crippen molar-refractivity contribution in [2.45, 2.75) is 12.8 Å². The predicted molar refractivity (Wildman–Crippen MR) is 107 cm³/mol. The van der Waals surface area contributed by atoms with E-state index in [2.05, 4.69) is 0 Å². The fraction of sp³-hybridized carbons (Fsp3) is 0.350. The molecular formula is C20H25NO4S. The second-order valence-corrected chi connectivity index (χ2v) is 6.98. The average molecular weight is 375 g/mol. The summed E-state index contributed by atoms with van der Waals surface area (Å²) in [5.74, 6) is 0.758. The molecule has 1 aromatic heterocycles. The monoisotopic (exact) mass is 375 g/mol. The number of carbonyl (C=O) groups is 1. The molecule has 0 saturated carbocycles. The van der Waals surface area contributed by atoms with Crippen LogP contribution in [0.25, 0.3) is 12.2 Å². The predicted octanol–water partition coefficient (Wildman–Crippen LogP) is 3.31. The van der Waals surface area contributed by atoms with Crippen LogP contribution in [0.2, 0.25) is 0 Å². The first-order valence-electron chi connectivity index (χ1n) is 8.60. The molecule has 6 heteroatoms. The van der Waals surface area contributed by atoms with E-state index in [1.165, 1.54) is 11.3 Å². The van der Waals surface area contributed by atoms with E-state index in [1.54, 1.807) is 6.07 Å². The Morgan fingerprint density at radius 3 is 2.58 bits per heavy atom. The molecule has 2 rings (SSSR count). The molecule has 1 aromatic carbocycles. The second kappa shape index (κ2) is 10.8. The summed E-state index contributed by atoms with van der Waals surface area (Å²) in [4.78, 5) is 14.5. The lowest BCUT2D eigenvalue weighted by Gasteiger charge is -2.20. The Balaban J connectivity index is 2.19. The Labute approximate surface area is 158 Å². The van der Waals surface area contributed by atoms with Crippen LogP contribution in [0.15, 0.2) is 30.3 Å². The fourth-order valence-corrected chi connectivity index (χ4v) is 3.12. The highest BCUT2D eigenvalue weighted by molar-refractivity contribution is 7.14. The topological polar surface area (TPSA) is 70.0 Å². The third kappa shape index (κ3) is 5.98. The van der Waals surface area contributed by atoms with E-state index >= 15 is 0 Å². The van der Waals surface area contributed by atoms with Crippen molar-refractivity contribution in [1.29, 1.82) is 0 Å². The third-order valence-corrected chi connectivity index (χ3v) is 4.85. The molecule has 0 unspecified atom stereocenters. The summed E-state index contributed by atoms with van der Waals surface area (Å²) >= 11 is 1.44. The largest absolute Gasteiger partial charge is 0.493 e. The number of carbonyl (C=O) groups excluding carboxylic acids is 1. The maximum atomic E-state index is 10.8. The van der Waals surface area contributed by atoms with Crippen LogP contribution in [0.4, 0.5) is 5.69 Å². The number of benzene rings is 1. The number of hydrogen-bond donors (Lipinski definition) is 2. The van der Waals surface area contributed by atoms with E-state index in [0.717, 1.165) is 34.6 Å². The van der Waals surface area contributed by atoms with Crippen LogP contribution in [0.5, 0.6) is 5.75 Å². The molecule has 5 nitrogen and oxygen atoms in total. The van der Waals surface area contributed by atoms with Crippen molar-refractivity contribution < 1.29 is 19.7 Å². The van der Waals surface area contributed by atoms with Crippen LogP contribution in [-0.2, 0) is 0 Å². The van der Waals surface area contributed by atoms with Gasteiger partial charge in [0.05, 0.1) is 18.1 Å². The van der Waals surface area contributed by atoms with Gasteiger partial charge in [0.1, 0.15) is 5.75 Å². The summed E-state index contributed by atoms with van der Waals surface area (Å²) < 4.78 is 5.92. The Hall–Kier alpha value is -2.15. The summed E-state index contributed by atoms with van der Waals surface area (Å²) in [7, 11) is 1.92. The number of aliphatic hydroxyl groups excluding tert-OH is 2. The minimum Gasteiger partial charge on any atom is -0.493 e. The minimum absolute atomic E-state index is 0.0856. The minimum atomic E-state index is 0.0856. The lowest BCUT2D eigenvalue weighted by atomic mass is 10.1. The smallest absolute Gasteiger partial charge is 0.160 e. The zero-order valence-electron chi connectivity index (χ0n) is 14.9. The average Bonchev–Trinajstić information content (AvgIpc) is 3.12. The Kier molecular flexibility index (Phi) is 8.34. The number of unbranched alkanes of at least 4 members (excludes halogenated alkanes) is 1. The summed E-state index contributed by atoms with van der Waals surface area (Å²) in [6.07, 6.45) is 6.27. The number of nitrogens with zero attached hydrogens (tertiary/aromatic N) is 1. The zero-order valence-corrected chi connectivity index (χ0v) is 15.7. The van der Waals surface area contributed by atoms with Crippen molar-refractivity contribution in [2.24, 2.45) is 0 Å². The van der Waals surface area contributed by atoms with Crippen LogP contribution in [0.1, 0.15) is 33.0 Å². The number of rotatable bonds is 11. The van der Waals surface area contributed by atoms with Gasteiger partial charge in [-0.05, 0) is 49.3 Å². The number of hydrogen-bond acceptors (Lipinski definition) is 6. The Morgan fingerprint density at radius 2 is 1.88 bits per heavy atom. The van der Waals surface area contributed by atoms with Gasteiger partial charge in [-0.2, -0.15) is 0 Å². The number of ether oxygens (including phenoxy) is 1.